The number of hydrogen-bond donors (Lipinski definition) is 1. The Morgan fingerprint density at radius 1 is 1.48 bits per heavy atom. The second-order valence-corrected chi connectivity index (χ2v) is 6.73. The molecule has 6 heteroatoms. The van der Waals surface area contributed by atoms with Gasteiger partial charge in [-0.1, -0.05) is 36.4 Å². The number of aryl methyl sites for hydroxylation is 2. The molecule has 1 aromatic heterocycles. The van der Waals surface area contributed by atoms with Crippen LogP contribution in [0.5, 0.6) is 0 Å². The molecule has 1 N–H and O–H groups in total. The molecule has 5 nitrogen and oxygen atoms in total. The van der Waals surface area contributed by atoms with Crippen LogP contribution < -0.4 is 5.32 Å². The van der Waals surface area contributed by atoms with Gasteiger partial charge in [-0.05, 0) is 48.6 Å². The number of ether oxygens (including phenoxy) is 1. The van der Waals surface area contributed by atoms with E-state index >= 15 is 0 Å². The minimum atomic E-state index is -0.431. The van der Waals surface area contributed by atoms with Gasteiger partial charge in [0.05, 0.1) is 24.3 Å². The van der Waals surface area contributed by atoms with Gasteiger partial charge in [-0.15, -0.1) is 0 Å². The van der Waals surface area contributed by atoms with Crippen molar-refractivity contribution >= 4 is 23.1 Å². The molecule has 0 aliphatic carbocycles. The highest BCUT2D eigenvalue weighted by Crippen LogP contribution is 2.32. The summed E-state index contributed by atoms with van der Waals surface area (Å²) in [5.41, 5.74) is 3.68. The smallest absolute Gasteiger partial charge is 0.246 e. The molecule has 2 rings (SSSR count). The van der Waals surface area contributed by atoms with Gasteiger partial charge < -0.3 is 14.6 Å². The van der Waals surface area contributed by atoms with Crippen LogP contribution in [0.1, 0.15) is 36.2 Å². The monoisotopic (exact) mass is 387 g/mol. The second-order valence-electron chi connectivity index (χ2n) is 6.30. The van der Waals surface area contributed by atoms with Gasteiger partial charge in [0, 0.05) is 19.2 Å². The number of carbonyl (C=O) groups is 1. The summed E-state index contributed by atoms with van der Waals surface area (Å²) in [4.78, 5) is 16.4. The van der Waals surface area contributed by atoms with Crippen molar-refractivity contribution in [2.45, 2.75) is 25.8 Å². The third kappa shape index (κ3) is 5.55. The molecule has 1 aromatic carbocycles. The maximum Gasteiger partial charge on any atom is 0.246 e. The minimum Gasteiger partial charge on any atom is -0.375 e. The Balaban J connectivity index is 2.41. The molecule has 0 saturated carbocycles. The summed E-state index contributed by atoms with van der Waals surface area (Å²) < 4.78 is 6.82. The summed E-state index contributed by atoms with van der Waals surface area (Å²) in [5.74, 6) is -0.220. The number of allylic oxidation sites excluding steroid dienone is 2. The van der Waals surface area contributed by atoms with E-state index in [-0.39, 0.29) is 12.5 Å². The van der Waals surface area contributed by atoms with Crippen molar-refractivity contribution < 1.29 is 9.53 Å². The van der Waals surface area contributed by atoms with Crippen LogP contribution in [0.25, 0.3) is 5.57 Å². The molecule has 27 heavy (non-hydrogen) atoms. The van der Waals surface area contributed by atoms with Crippen LogP contribution >= 0.6 is 11.6 Å². The van der Waals surface area contributed by atoms with Crippen molar-refractivity contribution in [3.05, 3.63) is 71.3 Å². The van der Waals surface area contributed by atoms with Gasteiger partial charge in [0.15, 0.2) is 0 Å². The highest BCUT2D eigenvalue weighted by molar-refractivity contribution is 6.30. The topological polar surface area (TPSA) is 56.1 Å². The SMILES string of the molecule is C=C(c1cc(Cl)ccc1CC/C=C\C)[C@@H](NC(=O)COC)c1cncn1C. The third-order valence-corrected chi connectivity index (χ3v) is 4.55. The molecule has 0 unspecified atom stereocenters. The summed E-state index contributed by atoms with van der Waals surface area (Å²) in [6, 6.07) is 5.37. The first kappa shape index (κ1) is 20.9. The number of imidazole rings is 1. The standard InChI is InChI=1S/C21H26ClN3O2/c1-5-6-7-8-16-9-10-17(22)11-18(16)15(2)21(24-20(26)13-27-4)19-12-23-14-25(19)3/h5-6,9-12,14,21H,2,7-8,13H2,1,3-4H3,(H,24,26)/b6-5-/t21-/m1/s1. The molecule has 144 valence electrons. The molecule has 0 radical (unpaired) electrons. The van der Waals surface area contributed by atoms with Crippen molar-refractivity contribution in [2.75, 3.05) is 13.7 Å². The van der Waals surface area contributed by atoms with Crippen molar-refractivity contribution in [3.8, 4) is 0 Å². The summed E-state index contributed by atoms with van der Waals surface area (Å²) in [6.45, 7) is 6.28. The number of halogens is 1. The van der Waals surface area contributed by atoms with Crippen LogP contribution in [0, 0.1) is 0 Å². The lowest BCUT2D eigenvalue weighted by Crippen LogP contribution is -2.33. The number of amides is 1. The van der Waals surface area contributed by atoms with Crippen molar-refractivity contribution in [1.82, 2.24) is 14.9 Å². The number of methoxy groups -OCH3 is 1. The molecule has 1 amide bonds. The third-order valence-electron chi connectivity index (χ3n) is 4.31. The lowest BCUT2D eigenvalue weighted by atomic mass is 9.91. The molecule has 1 atom stereocenters. The number of nitrogens with zero attached hydrogens (tertiary/aromatic N) is 2. The molecule has 0 spiro atoms. The lowest BCUT2D eigenvalue weighted by molar-refractivity contribution is -0.125. The van der Waals surface area contributed by atoms with Gasteiger partial charge in [-0.3, -0.25) is 4.79 Å². The van der Waals surface area contributed by atoms with Crippen molar-refractivity contribution in [2.24, 2.45) is 7.05 Å². The van der Waals surface area contributed by atoms with Crippen LogP contribution in [-0.4, -0.2) is 29.2 Å². The normalized spacial score (nSPS) is 12.3. The summed E-state index contributed by atoms with van der Waals surface area (Å²) in [6.07, 6.45) is 9.37. The van der Waals surface area contributed by atoms with E-state index in [1.54, 1.807) is 12.5 Å². The quantitative estimate of drug-likeness (QED) is 0.659. The zero-order chi connectivity index (χ0) is 19.8. The van der Waals surface area contributed by atoms with Gasteiger partial charge in [-0.2, -0.15) is 0 Å². The number of benzene rings is 1. The molecule has 0 fully saturated rings. The molecule has 1 heterocycles. The second kappa shape index (κ2) is 10.1. The van der Waals surface area contributed by atoms with Crippen molar-refractivity contribution in [1.29, 1.82) is 0 Å². The molecule has 0 aliphatic rings. The Labute approximate surface area is 165 Å². The van der Waals surface area contributed by atoms with Crippen LogP contribution in [0.4, 0.5) is 0 Å². The predicted octanol–water partition coefficient (Wildman–Crippen LogP) is 4.10. The highest BCUT2D eigenvalue weighted by Gasteiger charge is 2.23. The Hall–Kier alpha value is -2.37. The number of carbonyl (C=O) groups excluding carboxylic acids is 1. The number of hydrogen-bond acceptors (Lipinski definition) is 3. The molecular formula is C21H26ClN3O2. The highest BCUT2D eigenvalue weighted by atomic mass is 35.5. The molecule has 0 aliphatic heterocycles. The Morgan fingerprint density at radius 3 is 2.89 bits per heavy atom. The van der Waals surface area contributed by atoms with E-state index in [9.17, 15) is 4.79 Å². The Kier molecular flexibility index (Phi) is 7.82. The van der Waals surface area contributed by atoms with E-state index in [1.165, 1.54) is 7.11 Å². The van der Waals surface area contributed by atoms with Gasteiger partial charge in [0.25, 0.3) is 0 Å². The first-order valence-electron chi connectivity index (χ1n) is 8.81. The average Bonchev–Trinajstić information content (AvgIpc) is 3.06. The number of aromatic nitrogens is 2. The van der Waals surface area contributed by atoms with E-state index in [4.69, 9.17) is 16.3 Å². The largest absolute Gasteiger partial charge is 0.375 e. The van der Waals surface area contributed by atoms with Gasteiger partial charge in [0.1, 0.15) is 6.61 Å². The fourth-order valence-corrected chi connectivity index (χ4v) is 3.12. The zero-order valence-corrected chi connectivity index (χ0v) is 16.8. The first-order valence-corrected chi connectivity index (χ1v) is 9.19. The van der Waals surface area contributed by atoms with Crippen LogP contribution in [0.3, 0.4) is 0 Å². The Bertz CT molecular complexity index is 827. The van der Waals surface area contributed by atoms with Gasteiger partial charge in [0.2, 0.25) is 5.91 Å². The summed E-state index contributed by atoms with van der Waals surface area (Å²) >= 11 is 6.26. The molecule has 0 saturated heterocycles. The maximum absolute atomic E-state index is 12.2. The van der Waals surface area contributed by atoms with Crippen LogP contribution in [-0.2, 0) is 23.0 Å². The van der Waals surface area contributed by atoms with E-state index in [1.807, 2.05) is 42.8 Å². The molecular weight excluding hydrogens is 362 g/mol. The molecule has 2 aromatic rings. The number of nitrogens with one attached hydrogen (secondary N) is 1. The fourth-order valence-electron chi connectivity index (χ4n) is 2.95. The van der Waals surface area contributed by atoms with Crippen molar-refractivity contribution in [3.63, 3.8) is 0 Å². The fraction of sp³-hybridized carbons (Fsp3) is 0.333. The average molecular weight is 388 g/mol. The minimum absolute atomic E-state index is 0.0225. The number of rotatable bonds is 9. The maximum atomic E-state index is 12.2. The van der Waals surface area contributed by atoms with Gasteiger partial charge >= 0.3 is 0 Å². The van der Waals surface area contributed by atoms with Gasteiger partial charge in [-0.25, -0.2) is 4.98 Å². The summed E-state index contributed by atoms with van der Waals surface area (Å²) in [5, 5.41) is 3.62. The van der Waals surface area contributed by atoms with Crippen LogP contribution in [0.2, 0.25) is 5.02 Å². The van der Waals surface area contributed by atoms with E-state index in [0.717, 1.165) is 35.2 Å². The first-order chi connectivity index (χ1) is 13.0. The van der Waals surface area contributed by atoms with E-state index in [0.29, 0.717) is 5.02 Å². The lowest BCUT2D eigenvalue weighted by Gasteiger charge is -2.23. The summed E-state index contributed by atoms with van der Waals surface area (Å²) in [7, 11) is 3.37. The van der Waals surface area contributed by atoms with Crippen LogP contribution in [0.15, 0.2) is 49.5 Å². The van der Waals surface area contributed by atoms with E-state index < -0.39 is 6.04 Å². The zero-order valence-electron chi connectivity index (χ0n) is 16.0. The Morgan fingerprint density at radius 2 is 2.26 bits per heavy atom. The van der Waals surface area contributed by atoms with E-state index in [2.05, 4.69) is 23.0 Å². The molecule has 0 bridgehead atoms. The predicted molar refractivity (Wildman–Crippen MR) is 110 cm³/mol.